The van der Waals surface area contributed by atoms with Gasteiger partial charge in [0.15, 0.2) is 10.8 Å². The number of carboxylic acid groups (broad SMARTS) is 2. The topological polar surface area (TPSA) is 194 Å². The quantitative estimate of drug-likeness (QED) is 0.0817. The van der Waals surface area contributed by atoms with Gasteiger partial charge < -0.3 is 26.1 Å². The third-order valence-corrected chi connectivity index (χ3v) is 8.34. The van der Waals surface area contributed by atoms with Crippen LogP contribution < -0.4 is 15.5 Å². The summed E-state index contributed by atoms with van der Waals surface area (Å²) in [7, 11) is 0. The zero-order valence-corrected chi connectivity index (χ0v) is 22.8. The van der Waals surface area contributed by atoms with Crippen LogP contribution in [0.15, 0.2) is 58.6 Å². The zero-order chi connectivity index (χ0) is 28.8. The van der Waals surface area contributed by atoms with E-state index < -0.39 is 40.8 Å². The predicted octanol–water partition coefficient (Wildman–Crippen LogP) is -0.360. The molecule has 210 valence electrons. The van der Waals surface area contributed by atoms with Crippen molar-refractivity contribution in [3.8, 4) is 0 Å². The number of hydrogen-bond donors (Lipinski definition) is 4. The Bertz CT molecular complexity index is 1620. The van der Waals surface area contributed by atoms with E-state index in [0.29, 0.717) is 11.3 Å². The fourth-order valence-electron chi connectivity index (χ4n) is 4.20. The number of oxime groups is 1. The Morgan fingerprint density at radius 3 is 2.71 bits per heavy atom. The summed E-state index contributed by atoms with van der Waals surface area (Å²) in [5.41, 5.74) is 4.89. The fraction of sp³-hybridized carbons (Fsp3) is 0.292. The monoisotopic (exact) mass is 610 g/mol. The number of amides is 2. The molecular weight excluding hydrogens is 585 g/mol. The van der Waals surface area contributed by atoms with Gasteiger partial charge in [0, 0.05) is 22.8 Å². The number of nitrogens with one attached hydrogen (secondary N) is 1. The van der Waals surface area contributed by atoms with Crippen LogP contribution in [0.3, 0.4) is 0 Å². The van der Waals surface area contributed by atoms with Gasteiger partial charge in [-0.05, 0) is 19.9 Å². The number of thiazole rings is 1. The van der Waals surface area contributed by atoms with E-state index in [9.17, 15) is 29.4 Å². The van der Waals surface area contributed by atoms with Gasteiger partial charge in [0.1, 0.15) is 41.7 Å². The van der Waals surface area contributed by atoms with Crippen LogP contribution >= 0.6 is 23.1 Å². The van der Waals surface area contributed by atoms with Crippen molar-refractivity contribution in [1.29, 1.82) is 0 Å². The molecule has 0 aliphatic carbocycles. The van der Waals surface area contributed by atoms with E-state index in [2.05, 4.69) is 15.5 Å². The zero-order valence-electron chi connectivity index (χ0n) is 21.2. The molecular formula is C24H25N7NaO7S2+. The average molecular weight is 611 g/mol. The second-order valence-corrected chi connectivity index (χ2v) is 11.4. The number of aliphatic carboxylic acids is 2. The summed E-state index contributed by atoms with van der Waals surface area (Å²) in [5.74, 6) is -3.69. The Morgan fingerprint density at radius 2 is 2.05 bits per heavy atom. The van der Waals surface area contributed by atoms with E-state index in [-0.39, 0.29) is 58.3 Å². The van der Waals surface area contributed by atoms with Gasteiger partial charge in [0.05, 0.1) is 6.20 Å². The van der Waals surface area contributed by atoms with E-state index in [1.54, 1.807) is 0 Å². The summed E-state index contributed by atoms with van der Waals surface area (Å²) in [4.78, 5) is 60.4. The molecule has 41 heavy (non-hydrogen) atoms. The second-order valence-electron chi connectivity index (χ2n) is 9.43. The molecule has 5 rings (SSSR count). The number of β-lactam (4-membered cyclic amide) rings is 1. The number of pyridine rings is 1. The van der Waals surface area contributed by atoms with Gasteiger partial charge in [-0.25, -0.2) is 23.5 Å². The Balaban J connectivity index is 0.00000387. The number of hydrogen-bond acceptors (Lipinski definition) is 10. The van der Waals surface area contributed by atoms with Crippen LogP contribution in [-0.2, 0) is 30.6 Å². The number of nitrogen functional groups attached to an aromatic ring is 1. The number of imidazole rings is 1. The van der Waals surface area contributed by atoms with Crippen molar-refractivity contribution in [2.24, 2.45) is 5.16 Å². The molecule has 2 aliphatic heterocycles. The number of aromatic nitrogens is 3. The van der Waals surface area contributed by atoms with Crippen LogP contribution in [0, 0.1) is 0 Å². The minimum absolute atomic E-state index is 0. The number of fused-ring (bicyclic) bond motifs is 2. The molecule has 0 spiro atoms. The molecule has 0 unspecified atom stereocenters. The first kappa shape index (κ1) is 30.5. The minimum atomic E-state index is -1.75. The fourth-order valence-corrected chi connectivity index (χ4v) is 6.08. The van der Waals surface area contributed by atoms with E-state index in [1.807, 2.05) is 45.8 Å². The second kappa shape index (κ2) is 11.8. The molecule has 2 amide bonds. The molecule has 1 fully saturated rings. The Morgan fingerprint density at radius 1 is 1.29 bits per heavy atom. The summed E-state index contributed by atoms with van der Waals surface area (Å²) in [5, 5.41) is 26.6. The number of nitrogens with two attached hydrogens (primary N) is 1. The number of carbonyl (C=O) groups excluding carboxylic acids is 2. The first-order chi connectivity index (χ1) is 19.0. The molecule has 14 nitrogen and oxygen atoms in total. The van der Waals surface area contributed by atoms with E-state index in [0.717, 1.165) is 17.0 Å². The van der Waals surface area contributed by atoms with Crippen molar-refractivity contribution in [2.75, 3.05) is 11.5 Å². The number of anilines is 1. The molecule has 0 saturated carbocycles. The maximum atomic E-state index is 13.2. The molecule has 2 aliphatic rings. The van der Waals surface area contributed by atoms with Crippen LogP contribution in [0.5, 0.6) is 0 Å². The summed E-state index contributed by atoms with van der Waals surface area (Å²) >= 11 is 2.36. The standard InChI is InChI=1S/C24H23N7O7S2.Na.H/c1-24(2,22(36)37)38-28-15(13-11-40-23(25)26-13)18(32)27-16-19(33)31-17(21(34)35)12(10-39-20(16)31)9-30-8-7-29-6-4-3-5-14(29)30;;/h3-8,11,16,20H,9-10H2,1-2H3,(H4-,25,26,27,32,34,35,36,37);;/p+1/b28-15-;;/t16-,20-;;/m1../s1. The van der Waals surface area contributed by atoms with Crippen LogP contribution in [-0.4, -0.2) is 106 Å². The van der Waals surface area contributed by atoms with Crippen LogP contribution in [0.2, 0.25) is 0 Å². The summed E-state index contributed by atoms with van der Waals surface area (Å²) in [6, 6.07) is 4.61. The number of rotatable bonds is 9. The van der Waals surface area contributed by atoms with Gasteiger partial charge in [-0.1, -0.05) is 11.2 Å². The average Bonchev–Trinajstić information content (AvgIpc) is 3.53. The molecule has 5 heterocycles. The molecule has 5 N–H and O–H groups in total. The van der Waals surface area contributed by atoms with Gasteiger partial charge in [-0.3, -0.25) is 14.5 Å². The molecule has 0 aromatic carbocycles. The van der Waals surface area contributed by atoms with Crippen molar-refractivity contribution in [1.82, 2.24) is 19.8 Å². The maximum absolute atomic E-state index is 13.2. The first-order valence-corrected chi connectivity index (χ1v) is 13.8. The van der Waals surface area contributed by atoms with Gasteiger partial charge in [0.25, 0.3) is 17.5 Å². The van der Waals surface area contributed by atoms with Gasteiger partial charge in [-0.2, -0.15) is 0 Å². The van der Waals surface area contributed by atoms with E-state index >= 15 is 0 Å². The molecule has 0 bridgehead atoms. The van der Waals surface area contributed by atoms with Gasteiger partial charge in [-0.15, -0.1) is 23.1 Å². The van der Waals surface area contributed by atoms with Gasteiger partial charge in [0.2, 0.25) is 5.60 Å². The number of carbonyl (C=O) groups is 4. The first-order valence-electron chi connectivity index (χ1n) is 11.8. The van der Waals surface area contributed by atoms with Crippen molar-refractivity contribution in [2.45, 2.75) is 37.4 Å². The molecule has 1 saturated heterocycles. The number of thioether (sulfide) groups is 1. The summed E-state index contributed by atoms with van der Waals surface area (Å²) < 4.78 is 3.79. The Kier molecular flexibility index (Phi) is 8.79. The van der Waals surface area contributed by atoms with Crippen molar-refractivity contribution >= 4 is 92.9 Å². The number of carboxylic acids is 2. The molecule has 2 atom stereocenters. The third-order valence-electron chi connectivity index (χ3n) is 6.33. The Labute approximate surface area is 263 Å². The van der Waals surface area contributed by atoms with Crippen molar-refractivity contribution in [3.63, 3.8) is 0 Å². The molecule has 0 radical (unpaired) electrons. The summed E-state index contributed by atoms with van der Waals surface area (Å²) in [6.45, 7) is 2.77. The normalized spacial score (nSPS) is 18.8. The van der Waals surface area contributed by atoms with Gasteiger partial charge >= 0.3 is 41.5 Å². The van der Waals surface area contributed by atoms with Crippen molar-refractivity contribution in [3.05, 3.63) is 59.1 Å². The third kappa shape index (κ3) is 5.83. The van der Waals surface area contributed by atoms with E-state index in [4.69, 9.17) is 10.6 Å². The number of nitrogens with zero attached hydrogens (tertiary/aromatic N) is 5. The molecule has 17 heteroatoms. The van der Waals surface area contributed by atoms with Crippen LogP contribution in [0.1, 0.15) is 19.5 Å². The van der Waals surface area contributed by atoms with E-state index in [1.165, 1.54) is 35.9 Å². The SMILES string of the molecule is CC(C)(O/N=C(\C(=O)N[C@@H]1C(=O)N2C(C(=O)O)=C(Cn3cc[n+]4ccccc34)CS[C@H]12)c1csc(N)n1)C(=O)O.[NaH]. The predicted molar refractivity (Wildman–Crippen MR) is 150 cm³/mol. The Hall–Kier alpha value is -3.44. The van der Waals surface area contributed by atoms with Crippen LogP contribution in [0.4, 0.5) is 5.13 Å². The summed E-state index contributed by atoms with van der Waals surface area (Å²) in [6.07, 6.45) is 5.56. The van der Waals surface area contributed by atoms with Crippen molar-refractivity contribution < 1.29 is 38.6 Å². The van der Waals surface area contributed by atoms with Crippen LogP contribution in [0.25, 0.3) is 5.65 Å². The molecule has 3 aromatic heterocycles. The molecule has 3 aromatic rings.